The highest BCUT2D eigenvalue weighted by Crippen LogP contribution is 2.50. The molecule has 6 nitrogen and oxygen atoms in total. The van der Waals surface area contributed by atoms with Crippen molar-refractivity contribution in [3.05, 3.63) is 101 Å². The second-order valence-corrected chi connectivity index (χ2v) is 9.29. The standard InChI is InChI=1S/C29H25F3N4O2/c1-34-23(13-15-33)19-8-10-22-18(16-19)12-14-28(22)26(37)35(2)24-11-9-20(29(30,31)32)17-25(24)36(27(28)38)21-6-4-3-5-7-21/h3-11,13,15-17H,12,14,33H2,1-2H3. The Kier molecular flexibility index (Phi) is 6.09. The Morgan fingerprint density at radius 2 is 1.74 bits per heavy atom. The first-order valence-corrected chi connectivity index (χ1v) is 12.0. The maximum Gasteiger partial charge on any atom is 0.416 e. The number of carbonyl (C=O) groups is 2. The Bertz CT molecular complexity index is 1500. The summed E-state index contributed by atoms with van der Waals surface area (Å²) in [5.74, 6) is -1.07. The Balaban J connectivity index is 1.75. The largest absolute Gasteiger partial charge is 0.416 e. The third kappa shape index (κ3) is 3.77. The third-order valence-corrected chi connectivity index (χ3v) is 7.28. The lowest BCUT2D eigenvalue weighted by atomic mass is 9.78. The summed E-state index contributed by atoms with van der Waals surface area (Å²) in [5.41, 5.74) is 6.41. The number of halogens is 3. The Hall–Kier alpha value is -4.40. The lowest BCUT2D eigenvalue weighted by Gasteiger charge is -2.32. The van der Waals surface area contributed by atoms with Crippen molar-refractivity contribution >= 4 is 34.6 Å². The number of aliphatic imine (C=N–C) groups is 1. The van der Waals surface area contributed by atoms with E-state index in [1.165, 1.54) is 29.1 Å². The number of carbonyl (C=O) groups excluding carboxylic acids is 2. The summed E-state index contributed by atoms with van der Waals surface area (Å²) in [6.45, 7) is 0. The molecular weight excluding hydrogens is 493 g/mol. The molecule has 3 aromatic carbocycles. The number of benzene rings is 3. The van der Waals surface area contributed by atoms with E-state index < -0.39 is 29.0 Å². The number of allylic oxidation sites excluding steroid dienone is 1. The van der Waals surface area contributed by atoms with E-state index in [1.807, 2.05) is 6.07 Å². The first kappa shape index (κ1) is 25.3. The highest BCUT2D eigenvalue weighted by atomic mass is 19.4. The van der Waals surface area contributed by atoms with Gasteiger partial charge in [0.05, 0.1) is 22.6 Å². The van der Waals surface area contributed by atoms with Crippen LogP contribution in [-0.2, 0) is 27.6 Å². The molecule has 0 saturated carbocycles. The monoisotopic (exact) mass is 518 g/mol. The first-order chi connectivity index (χ1) is 18.1. The molecule has 2 N–H and O–H groups in total. The lowest BCUT2D eigenvalue weighted by molar-refractivity contribution is -0.138. The molecule has 1 heterocycles. The van der Waals surface area contributed by atoms with Crippen LogP contribution in [0.4, 0.5) is 30.2 Å². The molecule has 0 aromatic heterocycles. The summed E-state index contributed by atoms with van der Waals surface area (Å²) >= 11 is 0. The number of rotatable bonds is 3. The molecule has 194 valence electrons. The van der Waals surface area contributed by atoms with Gasteiger partial charge >= 0.3 is 6.18 Å². The summed E-state index contributed by atoms with van der Waals surface area (Å²) < 4.78 is 41.2. The number of hydrogen-bond acceptors (Lipinski definition) is 4. The number of anilines is 3. The van der Waals surface area contributed by atoms with E-state index in [0.717, 1.165) is 23.3 Å². The fourth-order valence-electron chi connectivity index (χ4n) is 5.45. The molecule has 3 aromatic rings. The van der Waals surface area contributed by atoms with Crippen molar-refractivity contribution in [2.75, 3.05) is 23.9 Å². The van der Waals surface area contributed by atoms with Crippen LogP contribution in [-0.4, -0.2) is 31.6 Å². The number of nitrogens with two attached hydrogens (primary N) is 1. The Morgan fingerprint density at radius 1 is 1.00 bits per heavy atom. The topological polar surface area (TPSA) is 79.0 Å². The van der Waals surface area contributed by atoms with E-state index in [9.17, 15) is 22.8 Å². The fourth-order valence-corrected chi connectivity index (χ4v) is 5.45. The molecule has 38 heavy (non-hydrogen) atoms. The number of fused-ring (bicyclic) bond motifs is 3. The van der Waals surface area contributed by atoms with Gasteiger partial charge in [0.2, 0.25) is 5.91 Å². The van der Waals surface area contributed by atoms with Gasteiger partial charge in [-0.15, -0.1) is 0 Å². The molecular formula is C29H25F3N4O2. The van der Waals surface area contributed by atoms with Gasteiger partial charge in [-0.3, -0.25) is 19.5 Å². The zero-order valence-corrected chi connectivity index (χ0v) is 20.8. The molecule has 9 heteroatoms. The molecule has 1 aliphatic carbocycles. The number of amides is 2. The molecule has 1 spiro atoms. The normalized spacial score (nSPS) is 19.8. The van der Waals surface area contributed by atoms with Crippen LogP contribution in [0.5, 0.6) is 0 Å². The van der Waals surface area contributed by atoms with Crippen molar-refractivity contribution < 1.29 is 22.8 Å². The van der Waals surface area contributed by atoms with E-state index >= 15 is 0 Å². The van der Waals surface area contributed by atoms with Crippen molar-refractivity contribution in [3.8, 4) is 0 Å². The fraction of sp³-hybridized carbons (Fsp3) is 0.207. The zero-order chi connectivity index (χ0) is 27.2. The van der Waals surface area contributed by atoms with Crippen LogP contribution in [0, 0.1) is 0 Å². The predicted octanol–water partition coefficient (Wildman–Crippen LogP) is 5.12. The maximum atomic E-state index is 14.5. The number of likely N-dealkylation sites (N-methyl/N-ethyl adjacent to an activating group) is 1. The van der Waals surface area contributed by atoms with Crippen LogP contribution >= 0.6 is 0 Å². The minimum atomic E-state index is -4.63. The summed E-state index contributed by atoms with van der Waals surface area (Å²) in [7, 11) is 3.14. The second kappa shape index (κ2) is 9.16. The van der Waals surface area contributed by atoms with E-state index in [4.69, 9.17) is 5.73 Å². The minimum Gasteiger partial charge on any atom is -0.405 e. The van der Waals surface area contributed by atoms with E-state index in [2.05, 4.69) is 4.99 Å². The van der Waals surface area contributed by atoms with Gasteiger partial charge in [-0.05, 0) is 78.2 Å². The third-order valence-electron chi connectivity index (χ3n) is 7.28. The Labute approximate surface area is 217 Å². The van der Waals surface area contributed by atoms with Crippen LogP contribution in [0.1, 0.15) is 28.7 Å². The van der Waals surface area contributed by atoms with Gasteiger partial charge in [0.15, 0.2) is 5.41 Å². The molecule has 0 radical (unpaired) electrons. The second-order valence-electron chi connectivity index (χ2n) is 9.29. The molecule has 5 rings (SSSR count). The summed E-state index contributed by atoms with van der Waals surface area (Å²) in [6.07, 6.45) is -0.963. The maximum absolute atomic E-state index is 14.5. The average molecular weight is 519 g/mol. The van der Waals surface area contributed by atoms with Gasteiger partial charge in [-0.2, -0.15) is 13.2 Å². The number of nitrogens with zero attached hydrogens (tertiary/aromatic N) is 3. The van der Waals surface area contributed by atoms with Gasteiger partial charge < -0.3 is 10.6 Å². The van der Waals surface area contributed by atoms with Crippen molar-refractivity contribution in [2.45, 2.75) is 24.4 Å². The summed E-state index contributed by atoms with van der Waals surface area (Å²) in [6, 6.07) is 17.0. The molecule has 0 fully saturated rings. The molecule has 1 atom stereocenters. The highest BCUT2D eigenvalue weighted by molar-refractivity contribution is 6.27. The molecule has 1 aliphatic heterocycles. The molecule has 0 saturated heterocycles. The summed E-state index contributed by atoms with van der Waals surface area (Å²) in [5, 5.41) is 0. The lowest BCUT2D eigenvalue weighted by Crippen LogP contribution is -2.52. The predicted molar refractivity (Wildman–Crippen MR) is 141 cm³/mol. The van der Waals surface area contributed by atoms with E-state index in [0.29, 0.717) is 23.4 Å². The van der Waals surface area contributed by atoms with Crippen molar-refractivity contribution in [2.24, 2.45) is 10.7 Å². The van der Waals surface area contributed by atoms with Gasteiger partial charge in [0.1, 0.15) is 0 Å². The smallest absolute Gasteiger partial charge is 0.405 e. The molecule has 2 aliphatic rings. The minimum absolute atomic E-state index is 0.00213. The number of hydrogen-bond donors (Lipinski definition) is 1. The first-order valence-electron chi connectivity index (χ1n) is 12.0. The zero-order valence-electron chi connectivity index (χ0n) is 20.8. The van der Waals surface area contributed by atoms with Crippen LogP contribution in [0.15, 0.2) is 84.0 Å². The van der Waals surface area contributed by atoms with Gasteiger partial charge in [0, 0.05) is 19.8 Å². The number of aryl methyl sites for hydroxylation is 1. The van der Waals surface area contributed by atoms with Gasteiger partial charge in [-0.25, -0.2) is 0 Å². The quantitative estimate of drug-likeness (QED) is 0.386. The molecule has 2 amide bonds. The van der Waals surface area contributed by atoms with E-state index in [1.54, 1.807) is 55.6 Å². The van der Waals surface area contributed by atoms with Crippen molar-refractivity contribution in [3.63, 3.8) is 0 Å². The molecule has 1 unspecified atom stereocenters. The summed E-state index contributed by atoms with van der Waals surface area (Å²) in [4.78, 5) is 35.5. The van der Waals surface area contributed by atoms with Crippen LogP contribution < -0.4 is 15.5 Å². The van der Waals surface area contributed by atoms with Crippen molar-refractivity contribution in [1.29, 1.82) is 0 Å². The number of para-hydroxylation sites is 1. The van der Waals surface area contributed by atoms with Crippen LogP contribution in [0.25, 0.3) is 0 Å². The Morgan fingerprint density at radius 3 is 2.39 bits per heavy atom. The van der Waals surface area contributed by atoms with Crippen LogP contribution in [0.2, 0.25) is 0 Å². The highest BCUT2D eigenvalue weighted by Gasteiger charge is 2.57. The number of alkyl halides is 3. The SMILES string of the molecule is CN=C(C=CN)c1ccc2c(c1)CCC21C(=O)N(C)c2ccc(C(F)(F)F)cc2N(c2ccccc2)C1=O. The van der Waals surface area contributed by atoms with E-state index in [-0.39, 0.29) is 17.8 Å². The van der Waals surface area contributed by atoms with Crippen molar-refractivity contribution in [1.82, 2.24) is 0 Å². The van der Waals surface area contributed by atoms with Gasteiger partial charge in [-0.1, -0.05) is 30.3 Å². The van der Waals surface area contributed by atoms with Crippen LogP contribution in [0.3, 0.4) is 0 Å². The molecule has 0 bridgehead atoms. The average Bonchev–Trinajstić information content (AvgIpc) is 3.28. The van der Waals surface area contributed by atoms with Gasteiger partial charge in [0.25, 0.3) is 5.91 Å².